The Morgan fingerprint density at radius 2 is 2.17 bits per heavy atom. The highest BCUT2D eigenvalue weighted by Gasteiger charge is 2.10. The maximum absolute atomic E-state index is 11.9. The predicted molar refractivity (Wildman–Crippen MR) is 89.8 cm³/mol. The molecule has 2 N–H and O–H groups in total. The van der Waals surface area contributed by atoms with E-state index in [1.165, 1.54) is 12.1 Å². The van der Waals surface area contributed by atoms with Gasteiger partial charge in [-0.3, -0.25) is 20.0 Å². The number of nitro benzene ring substituents is 1. The first-order valence-electron chi connectivity index (χ1n) is 7.47. The number of amides is 1. The molecule has 0 atom stereocenters. The van der Waals surface area contributed by atoms with E-state index in [2.05, 4.69) is 20.7 Å². The SMILES string of the molecule is CC(=NNC(=O)CCc1c(C)n[nH]c1C)c1cccc([N+](=O)[O-])c1. The van der Waals surface area contributed by atoms with Gasteiger partial charge in [0.15, 0.2) is 0 Å². The van der Waals surface area contributed by atoms with Crippen molar-refractivity contribution < 1.29 is 9.72 Å². The lowest BCUT2D eigenvalue weighted by atomic mass is 10.1. The van der Waals surface area contributed by atoms with Crippen LogP contribution in [-0.4, -0.2) is 26.7 Å². The number of benzene rings is 1. The maximum atomic E-state index is 11.9. The van der Waals surface area contributed by atoms with Crippen molar-refractivity contribution in [3.63, 3.8) is 0 Å². The van der Waals surface area contributed by atoms with Gasteiger partial charge >= 0.3 is 0 Å². The largest absolute Gasteiger partial charge is 0.282 e. The van der Waals surface area contributed by atoms with Crippen LogP contribution in [0.25, 0.3) is 0 Å². The van der Waals surface area contributed by atoms with Crippen LogP contribution in [0.15, 0.2) is 29.4 Å². The fourth-order valence-corrected chi connectivity index (χ4v) is 2.29. The van der Waals surface area contributed by atoms with Crippen LogP contribution in [0.2, 0.25) is 0 Å². The molecular formula is C16H19N5O3. The van der Waals surface area contributed by atoms with Crippen molar-refractivity contribution in [2.24, 2.45) is 5.10 Å². The minimum atomic E-state index is -0.467. The third-order valence-corrected chi connectivity index (χ3v) is 3.71. The van der Waals surface area contributed by atoms with Crippen molar-refractivity contribution in [2.45, 2.75) is 33.6 Å². The molecule has 1 aromatic carbocycles. The Labute approximate surface area is 139 Å². The summed E-state index contributed by atoms with van der Waals surface area (Å²) in [6.45, 7) is 5.49. The molecule has 0 fully saturated rings. The molecule has 2 aromatic rings. The molecule has 2 rings (SSSR count). The summed E-state index contributed by atoms with van der Waals surface area (Å²) in [6.07, 6.45) is 0.859. The van der Waals surface area contributed by atoms with Crippen molar-refractivity contribution in [3.8, 4) is 0 Å². The smallest absolute Gasteiger partial charge is 0.270 e. The second-order valence-corrected chi connectivity index (χ2v) is 5.45. The van der Waals surface area contributed by atoms with Crippen LogP contribution in [0, 0.1) is 24.0 Å². The normalized spacial score (nSPS) is 11.4. The molecule has 0 spiro atoms. The van der Waals surface area contributed by atoms with Crippen LogP contribution in [0.3, 0.4) is 0 Å². The molecule has 0 radical (unpaired) electrons. The van der Waals surface area contributed by atoms with Gasteiger partial charge in [0, 0.05) is 29.8 Å². The van der Waals surface area contributed by atoms with Gasteiger partial charge in [-0.15, -0.1) is 0 Å². The lowest BCUT2D eigenvalue weighted by molar-refractivity contribution is -0.384. The van der Waals surface area contributed by atoms with Crippen molar-refractivity contribution in [2.75, 3.05) is 0 Å². The van der Waals surface area contributed by atoms with Gasteiger partial charge < -0.3 is 0 Å². The molecule has 1 heterocycles. The Kier molecular flexibility index (Phi) is 5.41. The third-order valence-electron chi connectivity index (χ3n) is 3.71. The fourth-order valence-electron chi connectivity index (χ4n) is 2.29. The van der Waals surface area contributed by atoms with Gasteiger partial charge in [0.1, 0.15) is 0 Å². The molecule has 0 aliphatic rings. The van der Waals surface area contributed by atoms with E-state index in [0.29, 0.717) is 17.7 Å². The number of hydrazone groups is 1. The van der Waals surface area contributed by atoms with Gasteiger partial charge in [-0.1, -0.05) is 12.1 Å². The molecule has 1 aromatic heterocycles. The Morgan fingerprint density at radius 3 is 2.79 bits per heavy atom. The van der Waals surface area contributed by atoms with Crippen LogP contribution < -0.4 is 5.43 Å². The molecule has 8 nitrogen and oxygen atoms in total. The van der Waals surface area contributed by atoms with E-state index in [9.17, 15) is 14.9 Å². The molecule has 0 bridgehead atoms. The summed E-state index contributed by atoms with van der Waals surface area (Å²) in [7, 11) is 0. The number of H-pyrrole nitrogens is 1. The van der Waals surface area contributed by atoms with Crippen LogP contribution >= 0.6 is 0 Å². The lowest BCUT2D eigenvalue weighted by Crippen LogP contribution is -2.19. The van der Waals surface area contributed by atoms with Crippen LogP contribution in [0.1, 0.15) is 35.9 Å². The minimum absolute atomic E-state index is 0.0146. The summed E-state index contributed by atoms with van der Waals surface area (Å²) in [5.74, 6) is -0.222. The van der Waals surface area contributed by atoms with Crippen molar-refractivity contribution in [3.05, 3.63) is 56.9 Å². The minimum Gasteiger partial charge on any atom is -0.282 e. The molecule has 0 saturated carbocycles. The summed E-state index contributed by atoms with van der Waals surface area (Å²) < 4.78 is 0. The Hall–Kier alpha value is -3.03. The highest BCUT2D eigenvalue weighted by molar-refractivity contribution is 5.99. The summed E-state index contributed by atoms with van der Waals surface area (Å²) in [5.41, 5.74) is 6.43. The topological polar surface area (TPSA) is 113 Å². The summed E-state index contributed by atoms with van der Waals surface area (Å²) in [6, 6.07) is 6.11. The first-order valence-corrected chi connectivity index (χ1v) is 7.47. The van der Waals surface area contributed by atoms with Gasteiger partial charge in [0.2, 0.25) is 5.91 Å². The number of aromatic nitrogens is 2. The quantitative estimate of drug-likeness (QED) is 0.481. The summed E-state index contributed by atoms with van der Waals surface area (Å²) >= 11 is 0. The van der Waals surface area contributed by atoms with Crippen molar-refractivity contribution in [1.29, 1.82) is 0 Å². The molecule has 0 aliphatic heterocycles. The highest BCUT2D eigenvalue weighted by Crippen LogP contribution is 2.14. The monoisotopic (exact) mass is 329 g/mol. The second kappa shape index (κ2) is 7.49. The average Bonchev–Trinajstić information content (AvgIpc) is 2.89. The first kappa shape index (κ1) is 17.3. The Balaban J connectivity index is 1.95. The van der Waals surface area contributed by atoms with E-state index >= 15 is 0 Å². The summed E-state index contributed by atoms with van der Waals surface area (Å²) in [4.78, 5) is 22.2. The van der Waals surface area contributed by atoms with E-state index in [1.807, 2.05) is 13.8 Å². The van der Waals surface area contributed by atoms with Crippen LogP contribution in [0.5, 0.6) is 0 Å². The number of nitrogens with zero attached hydrogens (tertiary/aromatic N) is 3. The average molecular weight is 329 g/mol. The molecule has 8 heteroatoms. The van der Waals surface area contributed by atoms with E-state index in [4.69, 9.17) is 0 Å². The maximum Gasteiger partial charge on any atom is 0.270 e. The van der Waals surface area contributed by atoms with E-state index in [1.54, 1.807) is 19.1 Å². The number of carbonyl (C=O) groups excluding carboxylic acids is 1. The number of aromatic amines is 1. The van der Waals surface area contributed by atoms with Gasteiger partial charge in [-0.2, -0.15) is 10.2 Å². The van der Waals surface area contributed by atoms with Crippen LogP contribution in [0.4, 0.5) is 5.69 Å². The molecule has 0 saturated heterocycles. The van der Waals surface area contributed by atoms with E-state index in [-0.39, 0.29) is 18.0 Å². The number of non-ortho nitro benzene ring substituents is 1. The van der Waals surface area contributed by atoms with E-state index < -0.39 is 4.92 Å². The van der Waals surface area contributed by atoms with Crippen LogP contribution in [-0.2, 0) is 11.2 Å². The second-order valence-electron chi connectivity index (χ2n) is 5.45. The molecule has 0 aliphatic carbocycles. The zero-order valence-corrected chi connectivity index (χ0v) is 13.8. The summed E-state index contributed by atoms with van der Waals surface area (Å²) in [5, 5.41) is 21.8. The molecule has 126 valence electrons. The molecule has 0 unspecified atom stereocenters. The predicted octanol–water partition coefficient (Wildman–Crippen LogP) is 2.41. The fraction of sp³-hybridized carbons (Fsp3) is 0.312. The standard InChI is InChI=1S/C16H19N5O3/c1-10(13-5-4-6-14(9-13)21(23)24)17-20-16(22)8-7-15-11(2)18-19-12(15)3/h4-6,9H,7-8H2,1-3H3,(H,18,19)(H,20,22). The number of hydrogen-bond acceptors (Lipinski definition) is 5. The first-order chi connectivity index (χ1) is 11.4. The van der Waals surface area contributed by atoms with Gasteiger partial charge in [-0.05, 0) is 32.8 Å². The molecule has 1 amide bonds. The number of rotatable bonds is 6. The number of hydrogen-bond donors (Lipinski definition) is 2. The van der Waals surface area contributed by atoms with Gasteiger partial charge in [0.05, 0.1) is 16.3 Å². The third kappa shape index (κ3) is 4.25. The van der Waals surface area contributed by atoms with Gasteiger partial charge in [0.25, 0.3) is 5.69 Å². The lowest BCUT2D eigenvalue weighted by Gasteiger charge is -2.04. The molecular weight excluding hydrogens is 310 g/mol. The molecule has 24 heavy (non-hydrogen) atoms. The Bertz CT molecular complexity index is 775. The number of carbonyl (C=O) groups is 1. The highest BCUT2D eigenvalue weighted by atomic mass is 16.6. The van der Waals surface area contributed by atoms with Gasteiger partial charge in [-0.25, -0.2) is 5.43 Å². The zero-order valence-electron chi connectivity index (χ0n) is 13.8. The number of aryl methyl sites for hydroxylation is 2. The number of nitrogens with one attached hydrogen (secondary N) is 2. The van der Waals surface area contributed by atoms with E-state index in [0.717, 1.165) is 17.0 Å². The Morgan fingerprint density at radius 1 is 1.42 bits per heavy atom. The number of nitro groups is 1. The zero-order chi connectivity index (χ0) is 17.7. The van der Waals surface area contributed by atoms with Crippen molar-refractivity contribution >= 4 is 17.3 Å². The van der Waals surface area contributed by atoms with Crippen molar-refractivity contribution in [1.82, 2.24) is 15.6 Å².